The van der Waals surface area contributed by atoms with Gasteiger partial charge in [0.2, 0.25) is 0 Å². The molecule has 3 heterocycles. The zero-order valence-corrected chi connectivity index (χ0v) is 13.9. The van der Waals surface area contributed by atoms with Crippen molar-refractivity contribution < 1.29 is 14.6 Å². The van der Waals surface area contributed by atoms with Gasteiger partial charge in [0.15, 0.2) is 5.65 Å². The normalized spacial score (nSPS) is 14.3. The fraction of sp³-hybridized carbons (Fsp3) is 0.211. The summed E-state index contributed by atoms with van der Waals surface area (Å²) in [6.45, 7) is 2.89. The highest BCUT2D eigenvalue weighted by Gasteiger charge is 2.20. The Bertz CT molecular complexity index is 1010. The van der Waals surface area contributed by atoms with Gasteiger partial charge in [-0.3, -0.25) is 0 Å². The van der Waals surface area contributed by atoms with E-state index in [1.807, 2.05) is 6.07 Å². The van der Waals surface area contributed by atoms with E-state index in [0.29, 0.717) is 30.2 Å². The molecule has 0 saturated carbocycles. The Morgan fingerprint density at radius 2 is 1.92 bits per heavy atom. The van der Waals surface area contributed by atoms with E-state index < -0.39 is 5.97 Å². The Hall–Kier alpha value is -3.37. The Morgan fingerprint density at radius 1 is 1.19 bits per heavy atom. The second kappa shape index (κ2) is 6.50. The smallest absolute Gasteiger partial charge is 0.335 e. The number of nitrogens with zero attached hydrogens (tertiary/aromatic N) is 4. The lowest BCUT2D eigenvalue weighted by Gasteiger charge is -2.28. The molecule has 1 saturated heterocycles. The molecule has 0 bridgehead atoms. The molecule has 0 atom stereocenters. The topological polar surface area (TPSA) is 80.0 Å². The van der Waals surface area contributed by atoms with Crippen LogP contribution < -0.4 is 4.90 Å². The summed E-state index contributed by atoms with van der Waals surface area (Å²) in [7, 11) is 0. The van der Waals surface area contributed by atoms with Gasteiger partial charge in [0.05, 0.1) is 30.7 Å². The number of carbonyl (C=O) groups is 1. The van der Waals surface area contributed by atoms with Crippen LogP contribution in [-0.4, -0.2) is 52.0 Å². The molecule has 4 rings (SSSR count). The predicted octanol–water partition coefficient (Wildman–Crippen LogP) is 1.91. The van der Waals surface area contributed by atoms with E-state index in [-0.39, 0.29) is 5.56 Å². The van der Waals surface area contributed by atoms with Crippen molar-refractivity contribution in [3.63, 3.8) is 0 Å². The summed E-state index contributed by atoms with van der Waals surface area (Å²) >= 11 is 0. The quantitative estimate of drug-likeness (QED) is 0.729. The number of carboxylic acids is 1. The van der Waals surface area contributed by atoms with E-state index in [9.17, 15) is 4.79 Å². The zero-order valence-electron chi connectivity index (χ0n) is 13.9. The molecule has 0 unspecified atom stereocenters. The van der Waals surface area contributed by atoms with Crippen molar-refractivity contribution in [2.45, 2.75) is 0 Å². The van der Waals surface area contributed by atoms with Gasteiger partial charge in [-0.15, -0.1) is 6.42 Å². The highest BCUT2D eigenvalue weighted by atomic mass is 16.5. The second-order valence-corrected chi connectivity index (χ2v) is 5.89. The average molecular weight is 348 g/mol. The Kier molecular flexibility index (Phi) is 4.03. The van der Waals surface area contributed by atoms with E-state index in [2.05, 4.69) is 20.9 Å². The van der Waals surface area contributed by atoms with Crippen LogP contribution in [-0.2, 0) is 4.74 Å². The standard InChI is InChI=1S/C19H16N4O3/c1-2-15-17(13-3-5-14(6-4-13)19(24)25)23-18(21-15)16(7-8-20-23)22-9-11-26-12-10-22/h1,3-8H,9-12H2,(H,24,25). The molecule has 130 valence electrons. The third-order valence-electron chi connectivity index (χ3n) is 4.39. The molecule has 1 aliphatic rings. The summed E-state index contributed by atoms with van der Waals surface area (Å²) < 4.78 is 7.14. The number of aromatic carboxylic acids is 1. The maximum atomic E-state index is 11.1. The minimum atomic E-state index is -0.973. The van der Waals surface area contributed by atoms with E-state index in [1.165, 1.54) is 0 Å². The van der Waals surface area contributed by atoms with Gasteiger partial charge in [-0.1, -0.05) is 12.1 Å². The van der Waals surface area contributed by atoms with Gasteiger partial charge in [0.1, 0.15) is 11.4 Å². The predicted molar refractivity (Wildman–Crippen MR) is 96.3 cm³/mol. The molecule has 7 nitrogen and oxygen atoms in total. The minimum absolute atomic E-state index is 0.215. The molecule has 0 spiro atoms. The number of aromatic nitrogens is 3. The van der Waals surface area contributed by atoms with Gasteiger partial charge in [-0.2, -0.15) is 5.10 Å². The third kappa shape index (κ3) is 2.66. The second-order valence-electron chi connectivity index (χ2n) is 5.89. The van der Waals surface area contributed by atoms with Gasteiger partial charge < -0.3 is 14.7 Å². The molecular weight excluding hydrogens is 332 g/mol. The van der Waals surface area contributed by atoms with Crippen molar-refractivity contribution in [3.05, 3.63) is 47.8 Å². The molecular formula is C19H16N4O3. The number of hydrogen-bond acceptors (Lipinski definition) is 5. The van der Waals surface area contributed by atoms with Crippen LogP contribution in [0.15, 0.2) is 36.5 Å². The van der Waals surface area contributed by atoms with E-state index in [4.69, 9.17) is 16.3 Å². The first-order chi connectivity index (χ1) is 12.7. The molecule has 1 fully saturated rings. The molecule has 3 aromatic rings. The van der Waals surface area contributed by atoms with Crippen LogP contribution in [0.2, 0.25) is 0 Å². The van der Waals surface area contributed by atoms with Gasteiger partial charge in [0.25, 0.3) is 0 Å². The van der Waals surface area contributed by atoms with Crippen molar-refractivity contribution in [3.8, 4) is 23.6 Å². The molecule has 7 heteroatoms. The lowest BCUT2D eigenvalue weighted by atomic mass is 10.1. The number of anilines is 1. The first-order valence-electron chi connectivity index (χ1n) is 8.20. The van der Waals surface area contributed by atoms with Crippen molar-refractivity contribution in [1.29, 1.82) is 0 Å². The Morgan fingerprint density at radius 3 is 2.58 bits per heavy atom. The number of carboxylic acid groups (broad SMARTS) is 1. The average Bonchev–Trinajstić information content (AvgIpc) is 3.07. The number of imidazole rings is 1. The fourth-order valence-electron chi connectivity index (χ4n) is 3.12. The van der Waals surface area contributed by atoms with Crippen LogP contribution in [0.3, 0.4) is 0 Å². The molecule has 0 amide bonds. The van der Waals surface area contributed by atoms with Crippen LogP contribution in [0.5, 0.6) is 0 Å². The molecule has 26 heavy (non-hydrogen) atoms. The minimum Gasteiger partial charge on any atom is -0.478 e. The summed E-state index contributed by atoms with van der Waals surface area (Å²) in [5, 5.41) is 13.5. The first-order valence-corrected chi connectivity index (χ1v) is 8.20. The molecule has 2 aromatic heterocycles. The summed E-state index contributed by atoms with van der Waals surface area (Å²) in [5.74, 6) is 1.65. The van der Waals surface area contributed by atoms with Gasteiger partial charge in [-0.25, -0.2) is 14.3 Å². The third-order valence-corrected chi connectivity index (χ3v) is 4.39. The zero-order chi connectivity index (χ0) is 18.1. The maximum Gasteiger partial charge on any atom is 0.335 e. The van der Waals surface area contributed by atoms with Crippen LogP contribution in [0.1, 0.15) is 16.1 Å². The number of ether oxygens (including phenoxy) is 1. The number of morpholine rings is 1. The largest absolute Gasteiger partial charge is 0.478 e. The number of terminal acetylenes is 1. The Balaban J connectivity index is 1.87. The van der Waals surface area contributed by atoms with Crippen LogP contribution in [0, 0.1) is 12.3 Å². The summed E-state index contributed by atoms with van der Waals surface area (Å²) in [6.07, 6.45) is 7.39. The molecule has 1 aromatic carbocycles. The maximum absolute atomic E-state index is 11.1. The van der Waals surface area contributed by atoms with E-state index >= 15 is 0 Å². The van der Waals surface area contributed by atoms with Crippen molar-refractivity contribution in [1.82, 2.24) is 14.6 Å². The number of hydrogen-bond donors (Lipinski definition) is 1. The molecule has 1 N–H and O–H groups in total. The molecule has 1 aliphatic heterocycles. The summed E-state index contributed by atoms with van der Waals surface area (Å²) in [4.78, 5) is 17.9. The van der Waals surface area contributed by atoms with Gasteiger partial charge >= 0.3 is 5.97 Å². The first kappa shape index (κ1) is 16.1. The molecule has 0 aliphatic carbocycles. The van der Waals surface area contributed by atoms with Crippen LogP contribution >= 0.6 is 0 Å². The number of fused-ring (bicyclic) bond motifs is 1. The van der Waals surface area contributed by atoms with Crippen molar-refractivity contribution in [2.75, 3.05) is 31.2 Å². The van der Waals surface area contributed by atoms with Crippen LogP contribution in [0.4, 0.5) is 5.69 Å². The molecule has 0 radical (unpaired) electrons. The highest BCUT2D eigenvalue weighted by molar-refractivity contribution is 5.88. The van der Waals surface area contributed by atoms with E-state index in [0.717, 1.165) is 24.3 Å². The lowest BCUT2D eigenvalue weighted by molar-refractivity contribution is 0.0697. The van der Waals surface area contributed by atoms with Crippen molar-refractivity contribution >= 4 is 17.3 Å². The number of rotatable bonds is 3. The van der Waals surface area contributed by atoms with Gasteiger partial charge in [0, 0.05) is 18.7 Å². The van der Waals surface area contributed by atoms with Crippen LogP contribution in [0.25, 0.3) is 16.9 Å². The summed E-state index contributed by atoms with van der Waals surface area (Å²) in [6, 6.07) is 8.45. The number of benzene rings is 1. The van der Waals surface area contributed by atoms with Crippen molar-refractivity contribution in [2.24, 2.45) is 0 Å². The monoisotopic (exact) mass is 348 g/mol. The lowest BCUT2D eigenvalue weighted by Crippen LogP contribution is -2.36. The fourth-order valence-corrected chi connectivity index (χ4v) is 3.12. The van der Waals surface area contributed by atoms with Gasteiger partial charge in [-0.05, 0) is 24.1 Å². The summed E-state index contributed by atoms with van der Waals surface area (Å²) in [5.41, 5.74) is 3.76. The van der Waals surface area contributed by atoms with E-state index in [1.54, 1.807) is 35.0 Å². The SMILES string of the molecule is C#Cc1nc2c(N3CCOCC3)ccnn2c1-c1ccc(C(=O)O)cc1. The Labute approximate surface area is 149 Å². The highest BCUT2D eigenvalue weighted by Crippen LogP contribution is 2.29.